The summed E-state index contributed by atoms with van der Waals surface area (Å²) in [5.41, 5.74) is -0.929. The zero-order valence-electron chi connectivity index (χ0n) is 59.1. The standard InChI is InChI=1S/C18H25BrN4O4S.C14H18BrN3O2S.C10H11BrN2O2S2.C9H18N2O2.C6H4BrClO2S.C4H8N2S.C4H6O.ClH.HI/c1-18(2,3)27-17(24)22-12-10-21(11-13-22)16-20-8-9-23(16)28(25,26)15-6-4-14(19)5-7-15;15-12-4-6-13(7-5-12)21(19,20)18-11-8-16-14(18)17-9-2-1-3-10-17;1-16-10-12-6-7-13(10)17(14,15)9-4-2-8(11)3-5-9;1-9(2,3)13-8(12)11-6-4-10-5-7-11;7-5-1-3-6(4-2-5)11(8,9)10;1-7-4-5-2-3-6-4;5-4-2-1-3-4;;/h4-7H,8-13H2,1-3H3;4-7H,1-3,8-11H2;2-5H,6-7H2,1H3;10H,4-7H2,1-3H3;1-4H;2-3H2,1H3,(H,5,6);1-3H2;2*1H. The smallest absolute Gasteiger partial charge is 0.410 e. The van der Waals surface area contributed by atoms with Crippen molar-refractivity contribution in [2.75, 3.05) is 130 Å². The van der Waals surface area contributed by atoms with E-state index < -0.39 is 44.7 Å². The maximum atomic E-state index is 13.0. The van der Waals surface area contributed by atoms with Gasteiger partial charge in [-0.2, -0.15) is 0 Å². The maximum Gasteiger partial charge on any atom is 0.410 e. The van der Waals surface area contributed by atoms with Crippen LogP contribution < -0.4 is 10.6 Å². The van der Waals surface area contributed by atoms with Gasteiger partial charge in [0.2, 0.25) is 11.9 Å². The Balaban J connectivity index is 0.000000270. The molecule has 104 heavy (non-hydrogen) atoms. The SMILES string of the molecule is CC(C)(C)OC(=O)N1CCN(C2=NCCN2S(=O)(=O)c2ccc(Br)cc2)CC1.CC(C)(C)OC(=O)N1CCNCC1.CSC1=NCCN1.CSC1=NCCN1S(=O)(=O)c1ccc(Br)cc1.Cl.I.O=C1CCC1.O=S(=O)(Cl)c1ccc(Br)cc1.O=S(=O)(c1ccc(Br)cc1)N1CCN=C1N1CCCCC1. The summed E-state index contributed by atoms with van der Waals surface area (Å²) in [5, 5.41) is 7.95. The minimum Gasteiger partial charge on any atom is -0.444 e. The molecule has 3 saturated heterocycles. The third-order valence-corrected chi connectivity index (χ3v) is 25.5. The van der Waals surface area contributed by atoms with E-state index in [9.17, 15) is 48.1 Å². The van der Waals surface area contributed by atoms with Crippen molar-refractivity contribution >= 4 is 214 Å². The van der Waals surface area contributed by atoms with Gasteiger partial charge in [-0.1, -0.05) is 87.2 Å². The van der Waals surface area contributed by atoms with Gasteiger partial charge in [0.15, 0.2) is 10.3 Å². The van der Waals surface area contributed by atoms with E-state index in [1.807, 2.05) is 59.0 Å². The Morgan fingerprint density at radius 1 is 0.462 bits per heavy atom. The lowest BCUT2D eigenvalue weighted by atomic mass is 9.99. The van der Waals surface area contributed by atoms with Gasteiger partial charge in [0.1, 0.15) is 17.0 Å². The fourth-order valence-corrected chi connectivity index (χ4v) is 17.5. The molecule has 7 aliphatic heterocycles. The average molecular weight is 1970 g/mol. The molecule has 39 heteroatoms. The first-order valence-electron chi connectivity index (χ1n) is 32.8. The lowest BCUT2D eigenvalue weighted by molar-refractivity contribution is -0.123. The fraction of sp³-hybridized carbons (Fsp3) is 0.523. The fourth-order valence-electron chi connectivity index (χ4n) is 9.93. The first-order chi connectivity index (χ1) is 48.0. The van der Waals surface area contributed by atoms with Crippen molar-refractivity contribution in [2.24, 2.45) is 20.0 Å². The number of hydrogen-bond donors (Lipinski definition) is 2. The first kappa shape index (κ1) is 92.6. The molecule has 0 unspecified atom stereocenters. The van der Waals surface area contributed by atoms with E-state index in [1.54, 1.807) is 106 Å². The van der Waals surface area contributed by atoms with Gasteiger partial charge in [0, 0.05) is 113 Å². The predicted octanol–water partition coefficient (Wildman–Crippen LogP) is 12.1. The van der Waals surface area contributed by atoms with Gasteiger partial charge in [0.05, 0.1) is 65.4 Å². The number of thioether (sulfide) groups is 2. The molecule has 0 radical (unpaired) electrons. The summed E-state index contributed by atoms with van der Waals surface area (Å²) in [7, 11) is -9.14. The van der Waals surface area contributed by atoms with Crippen LogP contribution in [0.4, 0.5) is 9.59 Å². The monoisotopic (exact) mass is 1970 g/mol. The number of carbonyl (C=O) groups is 3. The summed E-state index contributed by atoms with van der Waals surface area (Å²) in [6, 6.07) is 26.1. The van der Waals surface area contributed by atoms with E-state index in [2.05, 4.69) is 99.2 Å². The van der Waals surface area contributed by atoms with Crippen LogP contribution in [0.3, 0.4) is 0 Å². The van der Waals surface area contributed by atoms with Crippen LogP contribution in [-0.2, 0) is 53.4 Å². The Morgan fingerprint density at radius 3 is 1.14 bits per heavy atom. The molecule has 4 fully saturated rings. The number of sulfonamides is 3. The van der Waals surface area contributed by atoms with E-state index in [-0.39, 0.29) is 64.0 Å². The van der Waals surface area contributed by atoms with Gasteiger partial charge in [-0.15, -0.1) is 36.4 Å². The zero-order valence-corrected chi connectivity index (χ0v) is 74.2. The Kier molecular flexibility index (Phi) is 38.8. The number of ether oxygens (including phenoxy) is 2. The Morgan fingerprint density at radius 2 is 0.817 bits per heavy atom. The zero-order chi connectivity index (χ0) is 75.1. The first-order valence-corrected chi connectivity index (χ1v) is 45.0. The Labute approximate surface area is 683 Å². The highest BCUT2D eigenvalue weighted by atomic mass is 127. The number of nitrogens with one attached hydrogen (secondary N) is 2. The summed E-state index contributed by atoms with van der Waals surface area (Å²) >= 11 is 16.1. The number of rotatable bonds is 7. The third kappa shape index (κ3) is 29.6. The van der Waals surface area contributed by atoms with Crippen LogP contribution in [0.2, 0.25) is 0 Å². The largest absolute Gasteiger partial charge is 0.444 e. The van der Waals surface area contributed by atoms with Crippen molar-refractivity contribution in [2.45, 2.75) is 111 Å². The van der Waals surface area contributed by atoms with Crippen molar-refractivity contribution in [1.29, 1.82) is 0 Å². The van der Waals surface area contributed by atoms with E-state index in [0.717, 1.165) is 108 Å². The molecular weight excluding hydrogens is 1880 g/mol. The second kappa shape index (κ2) is 43.6. The lowest BCUT2D eigenvalue weighted by Crippen LogP contribution is -2.55. The number of ketones is 1. The molecule has 7 heterocycles. The third-order valence-electron chi connectivity index (χ3n) is 15.2. The highest BCUT2D eigenvalue weighted by molar-refractivity contribution is 14.0. The van der Waals surface area contributed by atoms with Gasteiger partial charge in [-0.05, 0) is 177 Å². The number of likely N-dealkylation sites (tertiary alicyclic amines) is 1. The molecule has 8 aliphatic rings. The van der Waals surface area contributed by atoms with Gasteiger partial charge in [0.25, 0.3) is 39.1 Å². The van der Waals surface area contributed by atoms with Crippen molar-refractivity contribution in [3.05, 3.63) is 115 Å². The van der Waals surface area contributed by atoms with Crippen molar-refractivity contribution in [3.63, 3.8) is 0 Å². The second-order valence-corrected chi connectivity index (χ2v) is 38.5. The number of carbonyl (C=O) groups excluding carboxylic acids is 3. The van der Waals surface area contributed by atoms with E-state index in [1.165, 1.54) is 43.2 Å². The molecule has 1 aliphatic carbocycles. The van der Waals surface area contributed by atoms with Gasteiger partial charge < -0.3 is 39.7 Å². The van der Waals surface area contributed by atoms with Crippen molar-refractivity contribution in [1.82, 2.24) is 43.1 Å². The van der Waals surface area contributed by atoms with Gasteiger partial charge in [-0.3, -0.25) is 24.8 Å². The molecule has 0 spiro atoms. The Bertz CT molecular complexity index is 4040. The quantitative estimate of drug-likeness (QED) is 0.128. The average Bonchev–Trinajstić information content (AvgIpc) is 1.56. The number of piperidine rings is 1. The predicted molar refractivity (Wildman–Crippen MR) is 443 cm³/mol. The minimum absolute atomic E-state index is 0. The summed E-state index contributed by atoms with van der Waals surface area (Å²) in [6.07, 6.45) is 9.55. The highest BCUT2D eigenvalue weighted by Gasteiger charge is 2.38. The number of amidine groups is 2. The molecule has 12 rings (SSSR count). The molecule has 2 N–H and O–H groups in total. The van der Waals surface area contributed by atoms with Gasteiger partial charge >= 0.3 is 12.2 Å². The molecule has 4 aromatic rings. The molecule has 0 aromatic heterocycles. The van der Waals surface area contributed by atoms with E-state index in [0.29, 0.717) is 98.1 Å². The minimum atomic E-state index is -3.67. The number of guanidine groups is 2. The molecule has 580 valence electrons. The van der Waals surface area contributed by atoms with Crippen LogP contribution in [0, 0.1) is 0 Å². The number of halogens is 7. The number of hydrogen-bond acceptors (Lipinski definition) is 23. The summed E-state index contributed by atoms with van der Waals surface area (Å²) in [4.78, 5) is 59.1. The summed E-state index contributed by atoms with van der Waals surface area (Å²) < 4.78 is 116. The van der Waals surface area contributed by atoms with Crippen molar-refractivity contribution < 1.29 is 57.5 Å². The van der Waals surface area contributed by atoms with E-state index in [4.69, 9.17) is 20.2 Å². The number of Topliss-reactive ketones (excluding diaryl/α,β-unsaturated/α-hetero) is 1. The summed E-state index contributed by atoms with van der Waals surface area (Å²) in [5.74, 6) is 1.51. The number of benzene rings is 4. The number of piperazine rings is 2. The number of amides is 2. The van der Waals surface area contributed by atoms with Crippen molar-refractivity contribution in [3.8, 4) is 0 Å². The topological polar surface area (TPSA) is 302 Å². The summed E-state index contributed by atoms with van der Waals surface area (Å²) in [6.45, 7) is 22.7. The lowest BCUT2D eigenvalue weighted by Gasteiger charge is -2.38. The van der Waals surface area contributed by atoms with Crippen LogP contribution in [-0.4, -0.2) is 248 Å². The molecule has 26 nitrogen and oxygen atoms in total. The molecule has 0 atom stereocenters. The maximum absolute atomic E-state index is 13.0. The number of nitrogens with zero attached hydrogens (tertiary/aromatic N) is 11. The highest BCUT2D eigenvalue weighted by Crippen LogP contribution is 2.28. The van der Waals surface area contributed by atoms with Crippen LogP contribution in [0.15, 0.2) is 155 Å². The van der Waals surface area contributed by atoms with E-state index >= 15 is 0 Å². The van der Waals surface area contributed by atoms with Crippen LogP contribution in [0.5, 0.6) is 0 Å². The van der Waals surface area contributed by atoms with Gasteiger partial charge in [-0.25, -0.2) is 56.2 Å². The van der Waals surface area contributed by atoms with Crippen LogP contribution in [0.1, 0.15) is 80.1 Å². The molecule has 1 saturated carbocycles. The Hall–Kier alpha value is -3.74. The van der Waals surface area contributed by atoms with Crippen LogP contribution >= 0.6 is 134 Å². The number of aliphatic imine (C=N–C) groups is 4. The molecular formula is C65H92Br4Cl2IN13O13S6. The normalized spacial score (nSPS) is 17.4. The second-order valence-electron chi connectivity index (χ2n) is 25.1. The molecule has 0 bridgehead atoms. The molecule has 4 aromatic carbocycles. The van der Waals surface area contributed by atoms with Crippen LogP contribution in [0.25, 0.3) is 0 Å². The molecule has 2 amide bonds.